The van der Waals surface area contributed by atoms with E-state index in [1.165, 1.54) is 32.1 Å². The minimum absolute atomic E-state index is 0. The zero-order valence-corrected chi connectivity index (χ0v) is 18.4. The van der Waals surface area contributed by atoms with Gasteiger partial charge < -0.3 is 20.9 Å². The number of hydrogen-bond acceptors (Lipinski definition) is 3. The Labute approximate surface area is 180 Å². The summed E-state index contributed by atoms with van der Waals surface area (Å²) in [5.74, 6) is 2.62. The number of carbonyl (C=O) groups is 2. The first-order valence-electron chi connectivity index (χ1n) is 11.6. The Kier molecular flexibility index (Phi) is 6.04. The molecule has 7 heteroatoms. The second-order valence-electron chi connectivity index (χ2n) is 10.6. The zero-order valence-electron chi connectivity index (χ0n) is 17.6. The molecule has 29 heavy (non-hydrogen) atoms. The smallest absolute Gasteiger partial charge is 0.315 e. The fourth-order valence-corrected chi connectivity index (χ4v) is 7.56. The summed E-state index contributed by atoms with van der Waals surface area (Å²) in [6.07, 6.45) is 12.6. The van der Waals surface area contributed by atoms with Crippen molar-refractivity contribution in [1.29, 1.82) is 0 Å². The molecule has 6 fully saturated rings. The summed E-state index contributed by atoms with van der Waals surface area (Å²) < 4.78 is 0. The van der Waals surface area contributed by atoms with Crippen LogP contribution < -0.4 is 16.0 Å². The molecule has 2 atom stereocenters. The third kappa shape index (κ3) is 4.39. The minimum atomic E-state index is -0.0719. The lowest BCUT2D eigenvalue weighted by Gasteiger charge is -2.56. The molecule has 0 aromatic heterocycles. The van der Waals surface area contributed by atoms with E-state index in [-0.39, 0.29) is 29.9 Å². The van der Waals surface area contributed by atoms with Crippen LogP contribution in [-0.2, 0) is 4.79 Å². The number of hydrogen-bond donors (Lipinski definition) is 3. The van der Waals surface area contributed by atoms with Gasteiger partial charge in [0.15, 0.2) is 0 Å². The largest absolute Gasteiger partial charge is 0.343 e. The first kappa shape index (κ1) is 21.2. The molecule has 2 aliphatic heterocycles. The van der Waals surface area contributed by atoms with E-state index < -0.39 is 0 Å². The van der Waals surface area contributed by atoms with Crippen LogP contribution in [0, 0.1) is 17.8 Å². The molecule has 0 spiro atoms. The summed E-state index contributed by atoms with van der Waals surface area (Å²) >= 11 is 0. The third-order valence-corrected chi connectivity index (χ3v) is 8.43. The second-order valence-corrected chi connectivity index (χ2v) is 10.6. The van der Waals surface area contributed by atoms with Crippen LogP contribution in [-0.4, -0.2) is 54.1 Å². The number of amides is 3. The van der Waals surface area contributed by atoms with Gasteiger partial charge in [0.1, 0.15) is 0 Å². The van der Waals surface area contributed by atoms with Crippen molar-refractivity contribution in [2.45, 2.75) is 94.3 Å². The molecular formula is C22H37ClN4O2. The van der Waals surface area contributed by atoms with Gasteiger partial charge in [0, 0.05) is 43.7 Å². The molecule has 6 nitrogen and oxygen atoms in total. The summed E-state index contributed by atoms with van der Waals surface area (Å²) in [6.45, 7) is 0.430. The molecule has 6 rings (SSSR count). The van der Waals surface area contributed by atoms with Crippen LogP contribution in [0.25, 0.3) is 0 Å². The number of halogens is 1. The van der Waals surface area contributed by atoms with Crippen molar-refractivity contribution in [1.82, 2.24) is 20.9 Å². The fraction of sp³-hybridized carbons (Fsp3) is 0.909. The molecule has 0 aromatic rings. The molecule has 6 aliphatic rings. The van der Waals surface area contributed by atoms with Crippen molar-refractivity contribution in [3.05, 3.63) is 0 Å². The highest BCUT2D eigenvalue weighted by Crippen LogP contribution is 2.55. The molecule has 6 bridgehead atoms. The topological polar surface area (TPSA) is 73.5 Å². The normalized spacial score (nSPS) is 41.6. The van der Waals surface area contributed by atoms with Crippen molar-refractivity contribution in [2.24, 2.45) is 17.8 Å². The van der Waals surface area contributed by atoms with Crippen molar-refractivity contribution >= 4 is 24.3 Å². The van der Waals surface area contributed by atoms with Crippen molar-refractivity contribution in [3.8, 4) is 0 Å². The molecule has 4 saturated carbocycles. The Morgan fingerprint density at radius 1 is 0.966 bits per heavy atom. The molecule has 3 amide bonds. The van der Waals surface area contributed by atoms with Crippen LogP contribution in [0.5, 0.6) is 0 Å². The highest BCUT2D eigenvalue weighted by molar-refractivity contribution is 5.85. The van der Waals surface area contributed by atoms with Gasteiger partial charge in [-0.15, -0.1) is 12.4 Å². The predicted octanol–water partition coefficient (Wildman–Crippen LogP) is 2.81. The van der Waals surface area contributed by atoms with Crippen LogP contribution in [0.4, 0.5) is 4.79 Å². The van der Waals surface area contributed by atoms with Crippen LogP contribution in [0.2, 0.25) is 0 Å². The van der Waals surface area contributed by atoms with E-state index in [0.717, 1.165) is 49.9 Å². The SMILES string of the molecule is CN(C(=O)CCNC(=O)NC12CC3CC(CC(C3)C1)C2)C1CC2CCC(C1)N2.Cl. The summed E-state index contributed by atoms with van der Waals surface area (Å²) in [4.78, 5) is 27.1. The summed E-state index contributed by atoms with van der Waals surface area (Å²) in [7, 11) is 1.94. The Hall–Kier alpha value is -1.01. The Bertz CT molecular complexity index is 595. The van der Waals surface area contributed by atoms with Crippen LogP contribution >= 0.6 is 12.4 Å². The molecule has 2 saturated heterocycles. The molecule has 3 N–H and O–H groups in total. The van der Waals surface area contributed by atoms with E-state index in [4.69, 9.17) is 0 Å². The van der Waals surface area contributed by atoms with Gasteiger partial charge in [-0.05, 0) is 82.0 Å². The lowest BCUT2D eigenvalue weighted by Crippen LogP contribution is -2.61. The lowest BCUT2D eigenvalue weighted by atomic mass is 9.53. The van der Waals surface area contributed by atoms with E-state index in [2.05, 4.69) is 16.0 Å². The fourth-order valence-electron chi connectivity index (χ4n) is 7.56. The van der Waals surface area contributed by atoms with E-state index >= 15 is 0 Å². The molecule has 0 radical (unpaired) electrons. The average molecular weight is 425 g/mol. The summed E-state index contributed by atoms with van der Waals surface area (Å²) in [5.41, 5.74) is 0.0357. The first-order valence-corrected chi connectivity index (χ1v) is 11.6. The Balaban J connectivity index is 0.00000205. The van der Waals surface area contributed by atoms with Gasteiger partial charge >= 0.3 is 6.03 Å². The van der Waals surface area contributed by atoms with E-state index in [9.17, 15) is 9.59 Å². The predicted molar refractivity (Wildman–Crippen MR) is 115 cm³/mol. The van der Waals surface area contributed by atoms with Crippen molar-refractivity contribution in [3.63, 3.8) is 0 Å². The maximum atomic E-state index is 12.6. The molecule has 2 heterocycles. The molecule has 2 unspecified atom stereocenters. The van der Waals surface area contributed by atoms with E-state index in [1.54, 1.807) is 0 Å². The van der Waals surface area contributed by atoms with Crippen molar-refractivity contribution < 1.29 is 9.59 Å². The number of nitrogens with zero attached hydrogens (tertiary/aromatic N) is 1. The van der Waals surface area contributed by atoms with Crippen LogP contribution in [0.3, 0.4) is 0 Å². The monoisotopic (exact) mass is 424 g/mol. The van der Waals surface area contributed by atoms with Crippen LogP contribution in [0.15, 0.2) is 0 Å². The molecular weight excluding hydrogens is 388 g/mol. The Morgan fingerprint density at radius 3 is 2.07 bits per heavy atom. The number of urea groups is 1. The third-order valence-electron chi connectivity index (χ3n) is 8.43. The number of nitrogens with one attached hydrogen (secondary N) is 3. The van der Waals surface area contributed by atoms with Gasteiger partial charge in [-0.1, -0.05) is 0 Å². The second kappa shape index (κ2) is 8.26. The summed E-state index contributed by atoms with van der Waals surface area (Å²) in [6, 6.07) is 1.45. The van der Waals surface area contributed by atoms with Gasteiger partial charge in [-0.2, -0.15) is 0 Å². The standard InChI is InChI=1S/C22H36N4O2.ClH/c1-26(19-9-17-2-3-18(10-19)24-17)20(27)4-5-23-21(28)25-22-11-14-6-15(12-22)8-16(7-14)13-22;/h14-19,24H,2-13H2,1H3,(H2,23,25,28);1H. The maximum absolute atomic E-state index is 12.6. The summed E-state index contributed by atoms with van der Waals surface area (Å²) in [5, 5.41) is 9.92. The van der Waals surface area contributed by atoms with E-state index in [1.807, 2.05) is 11.9 Å². The molecule has 164 valence electrons. The van der Waals surface area contributed by atoms with Crippen molar-refractivity contribution in [2.75, 3.05) is 13.6 Å². The van der Waals surface area contributed by atoms with Gasteiger partial charge in [0.05, 0.1) is 0 Å². The quantitative estimate of drug-likeness (QED) is 0.635. The minimum Gasteiger partial charge on any atom is -0.343 e. The maximum Gasteiger partial charge on any atom is 0.315 e. The average Bonchev–Trinajstić information content (AvgIpc) is 2.97. The van der Waals surface area contributed by atoms with Gasteiger partial charge in [-0.25, -0.2) is 4.79 Å². The van der Waals surface area contributed by atoms with Gasteiger partial charge in [0.25, 0.3) is 0 Å². The van der Waals surface area contributed by atoms with Gasteiger partial charge in [-0.3, -0.25) is 4.79 Å². The zero-order chi connectivity index (χ0) is 19.3. The highest BCUT2D eigenvalue weighted by atomic mass is 35.5. The number of rotatable bonds is 5. The highest BCUT2D eigenvalue weighted by Gasteiger charge is 2.51. The van der Waals surface area contributed by atoms with E-state index in [0.29, 0.717) is 31.1 Å². The molecule has 4 aliphatic carbocycles. The number of carbonyl (C=O) groups excluding carboxylic acids is 2. The first-order chi connectivity index (χ1) is 13.5. The van der Waals surface area contributed by atoms with Crippen LogP contribution in [0.1, 0.15) is 70.6 Å². The molecule has 0 aromatic carbocycles. The lowest BCUT2D eigenvalue weighted by molar-refractivity contribution is -0.132. The number of fused-ring (bicyclic) bond motifs is 2. The van der Waals surface area contributed by atoms with Gasteiger partial charge in [0.2, 0.25) is 5.91 Å². The Morgan fingerprint density at radius 2 is 1.52 bits per heavy atom. The number of piperidine rings is 1.